The monoisotopic (exact) mass is 251 g/mol. The Morgan fingerprint density at radius 3 is 2.61 bits per heavy atom. The maximum absolute atomic E-state index is 11.9. The van der Waals surface area contributed by atoms with E-state index in [9.17, 15) is 4.79 Å². The van der Waals surface area contributed by atoms with Crippen molar-refractivity contribution in [3.05, 3.63) is 17.5 Å². The second-order valence-electron chi connectivity index (χ2n) is 5.50. The molecule has 1 aromatic heterocycles. The molecule has 0 saturated carbocycles. The Hall–Kier alpha value is -1.16. The summed E-state index contributed by atoms with van der Waals surface area (Å²) in [6.45, 7) is 8.83. The van der Waals surface area contributed by atoms with Gasteiger partial charge in [0.15, 0.2) is 0 Å². The van der Waals surface area contributed by atoms with Gasteiger partial charge in [-0.3, -0.25) is 9.48 Å². The number of Topliss-reactive ketones (excluding diaryl/α,β-unsaturated/α-hetero) is 1. The second kappa shape index (κ2) is 6.14. The van der Waals surface area contributed by atoms with Crippen LogP contribution >= 0.6 is 0 Å². The molecule has 0 bridgehead atoms. The third kappa shape index (κ3) is 4.61. The van der Waals surface area contributed by atoms with Crippen LogP contribution in [0, 0.1) is 0 Å². The molecule has 0 spiro atoms. The largest absolute Gasteiger partial charge is 0.326 e. The van der Waals surface area contributed by atoms with Crippen molar-refractivity contribution in [1.82, 2.24) is 9.78 Å². The van der Waals surface area contributed by atoms with Crippen LogP contribution in [0.15, 0.2) is 6.07 Å². The van der Waals surface area contributed by atoms with Crippen molar-refractivity contribution in [2.75, 3.05) is 0 Å². The van der Waals surface area contributed by atoms with E-state index in [1.54, 1.807) is 0 Å². The van der Waals surface area contributed by atoms with Crippen molar-refractivity contribution in [2.24, 2.45) is 5.73 Å². The van der Waals surface area contributed by atoms with E-state index in [0.29, 0.717) is 12.8 Å². The van der Waals surface area contributed by atoms with Crippen LogP contribution in [0.2, 0.25) is 0 Å². The van der Waals surface area contributed by atoms with Crippen molar-refractivity contribution < 1.29 is 4.79 Å². The third-order valence-corrected chi connectivity index (χ3v) is 3.00. The fourth-order valence-corrected chi connectivity index (χ4v) is 1.86. The van der Waals surface area contributed by atoms with Gasteiger partial charge in [-0.25, -0.2) is 0 Å². The van der Waals surface area contributed by atoms with Crippen LogP contribution < -0.4 is 5.73 Å². The van der Waals surface area contributed by atoms with Crippen molar-refractivity contribution >= 4 is 5.78 Å². The molecule has 1 rings (SSSR count). The Bertz CT molecular complexity index is 402. The molecule has 1 heterocycles. The number of nitrogens with zero attached hydrogens (tertiary/aromatic N) is 2. The lowest BCUT2D eigenvalue weighted by atomic mass is 9.97. The molecule has 0 aromatic carbocycles. The van der Waals surface area contributed by atoms with Gasteiger partial charge in [0.05, 0.1) is 5.69 Å². The van der Waals surface area contributed by atoms with Crippen molar-refractivity contribution in [2.45, 2.75) is 65.5 Å². The van der Waals surface area contributed by atoms with Gasteiger partial charge in [-0.15, -0.1) is 0 Å². The van der Waals surface area contributed by atoms with Gasteiger partial charge in [0.25, 0.3) is 0 Å². The van der Waals surface area contributed by atoms with E-state index in [-0.39, 0.29) is 11.3 Å². The molecule has 0 radical (unpaired) electrons. The first-order chi connectivity index (χ1) is 8.35. The number of rotatable bonds is 7. The zero-order valence-corrected chi connectivity index (χ0v) is 12.0. The first kappa shape index (κ1) is 14.9. The number of ketones is 1. The molecular weight excluding hydrogens is 226 g/mol. The maximum Gasteiger partial charge on any atom is 0.138 e. The number of aryl methyl sites for hydroxylation is 2. The molecule has 0 aliphatic heterocycles. The molecule has 0 amide bonds. The highest BCUT2D eigenvalue weighted by Gasteiger charge is 2.15. The Balaban J connectivity index is 2.61. The van der Waals surface area contributed by atoms with Gasteiger partial charge in [0, 0.05) is 30.6 Å². The number of nitrogens with two attached hydrogens (primary N) is 1. The van der Waals surface area contributed by atoms with E-state index in [2.05, 4.69) is 12.0 Å². The Morgan fingerprint density at radius 2 is 2.11 bits per heavy atom. The fourth-order valence-electron chi connectivity index (χ4n) is 1.86. The van der Waals surface area contributed by atoms with Gasteiger partial charge in [0.1, 0.15) is 5.78 Å². The highest BCUT2D eigenvalue weighted by atomic mass is 16.1. The summed E-state index contributed by atoms with van der Waals surface area (Å²) < 4.78 is 1.92. The summed E-state index contributed by atoms with van der Waals surface area (Å²) >= 11 is 0. The molecular formula is C14H25N3O. The van der Waals surface area contributed by atoms with E-state index in [0.717, 1.165) is 30.8 Å². The zero-order valence-electron chi connectivity index (χ0n) is 12.0. The number of hydrogen-bond acceptors (Lipinski definition) is 3. The number of hydrogen-bond donors (Lipinski definition) is 1. The van der Waals surface area contributed by atoms with E-state index in [1.165, 1.54) is 0 Å². The standard InChI is InChI=1S/C14H25N3O/c1-5-11-9-12(17(6-2)16-11)10-13(18)7-8-14(3,4)15/h9H,5-8,10,15H2,1-4H3. The van der Waals surface area contributed by atoms with Crippen LogP contribution in [0.4, 0.5) is 0 Å². The van der Waals surface area contributed by atoms with E-state index in [1.807, 2.05) is 31.5 Å². The molecule has 0 aliphatic carbocycles. The normalized spacial score (nSPS) is 11.8. The van der Waals surface area contributed by atoms with Gasteiger partial charge in [-0.1, -0.05) is 6.92 Å². The lowest BCUT2D eigenvalue weighted by Crippen LogP contribution is -2.32. The first-order valence-corrected chi connectivity index (χ1v) is 6.72. The smallest absolute Gasteiger partial charge is 0.138 e. The van der Waals surface area contributed by atoms with E-state index in [4.69, 9.17) is 5.73 Å². The number of carbonyl (C=O) groups excluding carboxylic acids is 1. The van der Waals surface area contributed by atoms with Gasteiger partial charge in [-0.05, 0) is 39.7 Å². The van der Waals surface area contributed by atoms with E-state index >= 15 is 0 Å². The third-order valence-electron chi connectivity index (χ3n) is 3.00. The van der Waals surface area contributed by atoms with Crippen molar-refractivity contribution in [3.8, 4) is 0 Å². The second-order valence-corrected chi connectivity index (χ2v) is 5.50. The Labute approximate surface area is 110 Å². The maximum atomic E-state index is 11.9. The molecule has 4 heteroatoms. The molecule has 4 nitrogen and oxygen atoms in total. The zero-order chi connectivity index (χ0) is 13.8. The lowest BCUT2D eigenvalue weighted by Gasteiger charge is -2.17. The fraction of sp³-hybridized carbons (Fsp3) is 0.714. The van der Waals surface area contributed by atoms with Gasteiger partial charge >= 0.3 is 0 Å². The Morgan fingerprint density at radius 1 is 1.44 bits per heavy atom. The van der Waals surface area contributed by atoms with Crippen LogP contribution in [0.1, 0.15) is 51.9 Å². The lowest BCUT2D eigenvalue weighted by molar-refractivity contribution is -0.118. The summed E-state index contributed by atoms with van der Waals surface area (Å²) in [7, 11) is 0. The van der Waals surface area contributed by atoms with Crippen LogP contribution in [0.5, 0.6) is 0 Å². The van der Waals surface area contributed by atoms with Crippen molar-refractivity contribution in [1.29, 1.82) is 0 Å². The summed E-state index contributed by atoms with van der Waals surface area (Å²) in [5, 5.41) is 4.45. The SMILES string of the molecule is CCc1cc(CC(=O)CCC(C)(C)N)n(CC)n1. The highest BCUT2D eigenvalue weighted by Crippen LogP contribution is 2.12. The minimum atomic E-state index is -0.269. The van der Waals surface area contributed by atoms with Gasteiger partial charge in [-0.2, -0.15) is 5.10 Å². The molecule has 102 valence electrons. The van der Waals surface area contributed by atoms with Gasteiger partial charge < -0.3 is 5.73 Å². The number of carbonyl (C=O) groups is 1. The summed E-state index contributed by atoms with van der Waals surface area (Å²) in [5.74, 6) is 0.241. The molecule has 0 saturated heterocycles. The first-order valence-electron chi connectivity index (χ1n) is 6.72. The molecule has 2 N–H and O–H groups in total. The minimum absolute atomic E-state index is 0.241. The topological polar surface area (TPSA) is 60.9 Å². The van der Waals surface area contributed by atoms with Crippen LogP contribution in [-0.2, 0) is 24.2 Å². The summed E-state index contributed by atoms with van der Waals surface area (Å²) in [6.07, 6.45) is 2.65. The highest BCUT2D eigenvalue weighted by molar-refractivity contribution is 5.80. The average Bonchev–Trinajstić information content (AvgIpc) is 2.68. The molecule has 1 aromatic rings. The summed E-state index contributed by atoms with van der Waals surface area (Å²) in [5.41, 5.74) is 7.70. The van der Waals surface area contributed by atoms with E-state index < -0.39 is 0 Å². The number of aromatic nitrogens is 2. The predicted molar refractivity (Wildman–Crippen MR) is 73.5 cm³/mol. The van der Waals surface area contributed by atoms with Crippen LogP contribution in [0.3, 0.4) is 0 Å². The van der Waals surface area contributed by atoms with Crippen molar-refractivity contribution in [3.63, 3.8) is 0 Å². The quantitative estimate of drug-likeness (QED) is 0.807. The van der Waals surface area contributed by atoms with Crippen LogP contribution in [0.25, 0.3) is 0 Å². The van der Waals surface area contributed by atoms with Crippen LogP contribution in [-0.4, -0.2) is 21.1 Å². The molecule has 0 aliphatic rings. The Kier molecular flexibility index (Phi) is 5.08. The predicted octanol–water partition coefficient (Wildman–Crippen LogP) is 2.09. The summed E-state index contributed by atoms with van der Waals surface area (Å²) in [6, 6.07) is 2.04. The molecule has 0 unspecified atom stereocenters. The minimum Gasteiger partial charge on any atom is -0.326 e. The molecule has 0 atom stereocenters. The molecule has 0 fully saturated rings. The van der Waals surface area contributed by atoms with Gasteiger partial charge in [0.2, 0.25) is 0 Å². The molecule has 18 heavy (non-hydrogen) atoms. The average molecular weight is 251 g/mol. The summed E-state index contributed by atoms with van der Waals surface area (Å²) in [4.78, 5) is 11.9.